The zero-order valence-corrected chi connectivity index (χ0v) is 26.6. The molecule has 0 unspecified atom stereocenters. The van der Waals surface area contributed by atoms with Crippen LogP contribution in [0.2, 0.25) is 0 Å². The lowest BCUT2D eigenvalue weighted by molar-refractivity contribution is -0.139. The predicted octanol–water partition coefficient (Wildman–Crippen LogP) is 6.89. The number of carbonyl (C=O) groups excluding carboxylic acids is 3. The van der Waals surface area contributed by atoms with Gasteiger partial charge in [0.05, 0.1) is 24.4 Å². The van der Waals surface area contributed by atoms with Crippen molar-refractivity contribution in [2.75, 3.05) is 40.6 Å². The molecule has 4 aromatic carbocycles. The fraction of sp³-hybridized carbons (Fsp3) is 0.184. The van der Waals surface area contributed by atoms with Gasteiger partial charge in [0.1, 0.15) is 30.5 Å². The first kappa shape index (κ1) is 34.4. The predicted molar refractivity (Wildman–Crippen MR) is 179 cm³/mol. The summed E-state index contributed by atoms with van der Waals surface area (Å²) in [4.78, 5) is 36.6. The highest BCUT2D eigenvalue weighted by Gasteiger charge is 2.16. The molecule has 0 amide bonds. The molecule has 0 aromatic heterocycles. The van der Waals surface area contributed by atoms with Gasteiger partial charge in [0, 0.05) is 25.4 Å². The van der Waals surface area contributed by atoms with Gasteiger partial charge in [-0.1, -0.05) is 56.1 Å². The molecule has 0 aliphatic carbocycles. The van der Waals surface area contributed by atoms with Crippen LogP contribution >= 0.6 is 0 Å². The average Bonchev–Trinajstić information content (AvgIpc) is 3.07. The van der Waals surface area contributed by atoms with E-state index in [4.69, 9.17) is 28.4 Å². The summed E-state index contributed by atoms with van der Waals surface area (Å²) in [6.07, 6.45) is 0. The highest BCUT2D eigenvalue weighted by Crippen LogP contribution is 2.37. The first-order valence-electron chi connectivity index (χ1n) is 14.6. The zero-order chi connectivity index (χ0) is 33.9. The number of methoxy groups -OCH3 is 2. The molecule has 0 fully saturated rings. The molecule has 0 spiro atoms. The Bertz CT molecular complexity index is 1820. The minimum Gasteiger partial charge on any atom is -0.490 e. The second-order valence-corrected chi connectivity index (χ2v) is 10.6. The fourth-order valence-corrected chi connectivity index (χ4v) is 4.46. The highest BCUT2D eigenvalue weighted by atomic mass is 16.6. The molecule has 0 bridgehead atoms. The van der Waals surface area contributed by atoms with Gasteiger partial charge in [-0.2, -0.15) is 0 Å². The van der Waals surface area contributed by atoms with E-state index in [1.807, 2.05) is 60.7 Å². The molecule has 0 saturated heterocycles. The van der Waals surface area contributed by atoms with E-state index in [1.165, 1.54) is 14.2 Å². The Balaban J connectivity index is 1.61. The number of rotatable bonds is 15. The van der Waals surface area contributed by atoms with Crippen LogP contribution in [-0.4, -0.2) is 58.6 Å². The molecule has 0 atom stereocenters. The Morgan fingerprint density at radius 2 is 1.17 bits per heavy atom. The van der Waals surface area contributed by atoms with Crippen molar-refractivity contribution in [1.82, 2.24) is 0 Å². The van der Waals surface area contributed by atoms with E-state index in [0.29, 0.717) is 28.4 Å². The second kappa shape index (κ2) is 16.2. The topological polar surface area (TPSA) is 107 Å². The second-order valence-electron chi connectivity index (χ2n) is 10.6. The third-order valence-electron chi connectivity index (χ3n) is 6.85. The van der Waals surface area contributed by atoms with E-state index in [-0.39, 0.29) is 37.6 Å². The summed E-state index contributed by atoms with van der Waals surface area (Å²) in [5, 5.41) is 1.85. The summed E-state index contributed by atoms with van der Waals surface area (Å²) in [6.45, 7) is 13.0. The number of hydrogen-bond acceptors (Lipinski definition) is 9. The van der Waals surface area contributed by atoms with Crippen molar-refractivity contribution in [3.8, 4) is 39.5 Å². The molecular weight excluding hydrogens is 600 g/mol. The van der Waals surface area contributed by atoms with E-state index >= 15 is 0 Å². The summed E-state index contributed by atoms with van der Waals surface area (Å²) < 4.78 is 32.0. The van der Waals surface area contributed by atoms with Gasteiger partial charge in [-0.05, 0) is 76.9 Å². The first-order valence-corrected chi connectivity index (χ1v) is 14.6. The molecule has 0 aliphatic heterocycles. The maximum atomic E-state index is 12.8. The van der Waals surface area contributed by atoms with Gasteiger partial charge in [-0.3, -0.25) is 0 Å². The van der Waals surface area contributed by atoms with Crippen LogP contribution < -0.4 is 14.2 Å². The maximum Gasteiger partial charge on any atom is 0.341 e. The van der Waals surface area contributed by atoms with Crippen LogP contribution in [0.1, 0.15) is 6.92 Å². The lowest BCUT2D eigenvalue weighted by Gasteiger charge is -2.15. The number of hydrogen-bond donors (Lipinski definition) is 0. The Morgan fingerprint density at radius 3 is 1.83 bits per heavy atom. The van der Waals surface area contributed by atoms with Gasteiger partial charge in [0.2, 0.25) is 0 Å². The number of benzene rings is 4. The lowest BCUT2D eigenvalue weighted by Crippen LogP contribution is -2.14. The SMILES string of the molecule is C=C(C)C(=O)OCCOc1ccc2cc(-c3cc(-c4ccc(OC(=O)C(=C)COC)cc4)ccc3OC(=O)C(=C)COC)ccc2c1. The number of carbonyl (C=O) groups is 3. The molecule has 9 heteroatoms. The van der Waals surface area contributed by atoms with Gasteiger partial charge in [-0.15, -0.1) is 0 Å². The van der Waals surface area contributed by atoms with Crippen molar-refractivity contribution in [1.29, 1.82) is 0 Å². The standard InChI is InChI=1S/C38H36O9/c1-24(2)36(39)45-18-17-44-33-15-11-28-19-31(8-7-29(28)20-33)34-21-30(12-16-35(34)47-38(41)26(4)23-43-6)27-9-13-32(14-10-27)46-37(40)25(3)22-42-5/h7-16,19-21H,1,3-4,17-18,22-23H2,2,5-6H3. The molecule has 47 heavy (non-hydrogen) atoms. The molecule has 4 aromatic rings. The van der Waals surface area contributed by atoms with Crippen molar-refractivity contribution in [3.63, 3.8) is 0 Å². The minimum atomic E-state index is -0.599. The fourth-order valence-electron chi connectivity index (χ4n) is 4.46. The van der Waals surface area contributed by atoms with Crippen molar-refractivity contribution in [3.05, 3.63) is 115 Å². The quantitative estimate of drug-likeness (QED) is 0.0597. The van der Waals surface area contributed by atoms with Crippen LogP contribution in [0.25, 0.3) is 33.0 Å². The summed E-state index contributed by atoms with van der Waals surface area (Å²) in [7, 11) is 2.95. The Morgan fingerprint density at radius 1 is 0.596 bits per heavy atom. The van der Waals surface area contributed by atoms with E-state index in [0.717, 1.165) is 27.5 Å². The van der Waals surface area contributed by atoms with Crippen molar-refractivity contribution < 1.29 is 42.8 Å². The highest BCUT2D eigenvalue weighted by molar-refractivity contribution is 5.94. The summed E-state index contributed by atoms with van der Waals surface area (Å²) in [5.74, 6) is -0.284. The van der Waals surface area contributed by atoms with Crippen molar-refractivity contribution in [2.45, 2.75) is 6.92 Å². The molecule has 0 saturated carbocycles. The molecule has 0 aliphatic rings. The van der Waals surface area contributed by atoms with Crippen molar-refractivity contribution >= 4 is 28.7 Å². The number of fused-ring (bicyclic) bond motifs is 1. The molecule has 9 nitrogen and oxygen atoms in total. The Labute approximate surface area is 273 Å². The third-order valence-corrected chi connectivity index (χ3v) is 6.85. The van der Waals surface area contributed by atoms with Gasteiger partial charge in [0.25, 0.3) is 0 Å². The molecule has 0 heterocycles. The van der Waals surface area contributed by atoms with E-state index in [2.05, 4.69) is 19.7 Å². The molecular formula is C38H36O9. The molecule has 4 rings (SSSR count). The van der Waals surface area contributed by atoms with E-state index in [9.17, 15) is 14.4 Å². The van der Waals surface area contributed by atoms with Crippen LogP contribution in [0.3, 0.4) is 0 Å². The van der Waals surface area contributed by atoms with E-state index < -0.39 is 17.9 Å². The number of ether oxygens (including phenoxy) is 6. The molecule has 242 valence electrons. The zero-order valence-electron chi connectivity index (χ0n) is 26.6. The van der Waals surface area contributed by atoms with Gasteiger partial charge < -0.3 is 28.4 Å². The smallest absolute Gasteiger partial charge is 0.341 e. The first-order chi connectivity index (χ1) is 22.6. The largest absolute Gasteiger partial charge is 0.490 e. The lowest BCUT2D eigenvalue weighted by atomic mass is 9.96. The summed E-state index contributed by atoms with van der Waals surface area (Å²) in [5.41, 5.74) is 3.89. The van der Waals surface area contributed by atoms with Crippen LogP contribution in [0.5, 0.6) is 17.2 Å². The minimum absolute atomic E-state index is 0.0404. The van der Waals surface area contributed by atoms with Crippen LogP contribution in [0, 0.1) is 0 Å². The third kappa shape index (κ3) is 9.26. The number of esters is 3. The van der Waals surface area contributed by atoms with Gasteiger partial charge in [-0.25, -0.2) is 14.4 Å². The van der Waals surface area contributed by atoms with Crippen LogP contribution in [0.15, 0.2) is 115 Å². The average molecular weight is 637 g/mol. The Hall–Kier alpha value is -5.51. The molecule has 0 radical (unpaired) electrons. The molecule has 0 N–H and O–H groups in total. The Kier molecular flexibility index (Phi) is 11.8. The monoisotopic (exact) mass is 636 g/mol. The van der Waals surface area contributed by atoms with Gasteiger partial charge in [0.15, 0.2) is 0 Å². The van der Waals surface area contributed by atoms with Gasteiger partial charge >= 0.3 is 17.9 Å². The summed E-state index contributed by atoms with van der Waals surface area (Å²) >= 11 is 0. The normalized spacial score (nSPS) is 10.6. The maximum absolute atomic E-state index is 12.8. The van der Waals surface area contributed by atoms with E-state index in [1.54, 1.807) is 25.1 Å². The summed E-state index contributed by atoms with van der Waals surface area (Å²) in [6, 6.07) is 24.0. The van der Waals surface area contributed by atoms with Crippen LogP contribution in [-0.2, 0) is 28.6 Å². The van der Waals surface area contributed by atoms with Crippen LogP contribution in [0.4, 0.5) is 0 Å². The van der Waals surface area contributed by atoms with Crippen molar-refractivity contribution in [2.24, 2.45) is 0 Å².